The Bertz CT molecular complexity index is 2480. The van der Waals surface area contributed by atoms with Crippen LogP contribution in [0.1, 0.15) is 55.7 Å². The van der Waals surface area contributed by atoms with Gasteiger partial charge in [-0.25, -0.2) is 23.9 Å². The maximum Gasteiger partial charge on any atom is 0.490 e. The lowest BCUT2D eigenvalue weighted by Gasteiger charge is -2.29. The molecule has 288 valence electrons. The third-order valence-electron chi connectivity index (χ3n) is 9.39. The van der Waals surface area contributed by atoms with E-state index in [1.807, 2.05) is 87.3 Å². The average Bonchev–Trinajstić information content (AvgIpc) is 3.66. The van der Waals surface area contributed by atoms with Crippen molar-refractivity contribution in [3.63, 3.8) is 0 Å². The number of imidazole rings is 1. The van der Waals surface area contributed by atoms with Gasteiger partial charge in [0, 0.05) is 59.2 Å². The molecule has 0 bridgehead atoms. The number of aryl methyl sites for hydroxylation is 3. The van der Waals surface area contributed by atoms with Crippen LogP contribution in [-0.2, 0) is 34.8 Å². The molecule has 0 amide bonds. The summed E-state index contributed by atoms with van der Waals surface area (Å²) in [5.41, 5.74) is 8.98. The van der Waals surface area contributed by atoms with Gasteiger partial charge in [-0.1, -0.05) is 6.07 Å². The summed E-state index contributed by atoms with van der Waals surface area (Å²) in [6.45, 7) is 9.65. The van der Waals surface area contributed by atoms with E-state index in [9.17, 15) is 23.1 Å². The van der Waals surface area contributed by atoms with Crippen LogP contribution in [0.5, 0.6) is 5.75 Å². The van der Waals surface area contributed by atoms with Crippen LogP contribution in [0.25, 0.3) is 55.7 Å². The second-order valence-electron chi connectivity index (χ2n) is 14.3. The molecular weight excluding hydrogens is 722 g/mol. The molecule has 5 heterocycles. The first-order valence-electron chi connectivity index (χ1n) is 17.3. The Balaban J connectivity index is 0.000000672. The van der Waals surface area contributed by atoms with E-state index >= 15 is 4.39 Å². The maximum absolute atomic E-state index is 15.8. The summed E-state index contributed by atoms with van der Waals surface area (Å²) in [5.74, 6) is -4.10. The van der Waals surface area contributed by atoms with Crippen LogP contribution in [-0.4, -0.2) is 64.6 Å². The van der Waals surface area contributed by atoms with Gasteiger partial charge in [-0.15, -0.1) is 0 Å². The molecule has 0 spiro atoms. The summed E-state index contributed by atoms with van der Waals surface area (Å²) in [7, 11) is 3.90. The molecule has 4 aromatic heterocycles. The van der Waals surface area contributed by atoms with Crippen LogP contribution >= 0.6 is 0 Å². The molecule has 1 aliphatic heterocycles. The van der Waals surface area contributed by atoms with Gasteiger partial charge >= 0.3 is 18.1 Å². The minimum atomic E-state index is -5.08. The molecule has 55 heavy (non-hydrogen) atoms. The number of carbonyl (C=O) groups is 2. The Kier molecular flexibility index (Phi) is 10.2. The third-order valence-corrected chi connectivity index (χ3v) is 9.39. The smallest absolute Gasteiger partial charge is 0.490 e. The second-order valence-corrected chi connectivity index (χ2v) is 14.3. The number of carboxylic acid groups (broad SMARTS) is 2. The van der Waals surface area contributed by atoms with Crippen LogP contribution in [0.15, 0.2) is 55.0 Å². The predicted molar refractivity (Wildman–Crippen MR) is 197 cm³/mol. The fourth-order valence-corrected chi connectivity index (χ4v) is 6.89. The molecule has 0 saturated heterocycles. The zero-order valence-corrected chi connectivity index (χ0v) is 31.2. The van der Waals surface area contributed by atoms with Crippen molar-refractivity contribution >= 4 is 34.0 Å². The molecule has 1 atom stereocenters. The Morgan fingerprint density at radius 2 is 1.69 bits per heavy atom. The Morgan fingerprint density at radius 3 is 2.35 bits per heavy atom. The van der Waals surface area contributed by atoms with E-state index in [0.29, 0.717) is 46.4 Å². The number of benzene rings is 2. The van der Waals surface area contributed by atoms with E-state index in [1.54, 1.807) is 19.4 Å². The van der Waals surface area contributed by atoms with Crippen molar-refractivity contribution in [3.05, 3.63) is 83.2 Å². The van der Waals surface area contributed by atoms with Crippen molar-refractivity contribution in [1.29, 1.82) is 0 Å². The van der Waals surface area contributed by atoms with Crippen molar-refractivity contribution in [2.75, 3.05) is 6.61 Å². The molecule has 0 fully saturated rings. The normalized spacial score (nSPS) is 13.6. The molecule has 7 rings (SSSR count). The molecule has 15 heteroatoms. The lowest BCUT2D eigenvalue weighted by Crippen LogP contribution is -2.28. The lowest BCUT2D eigenvalue weighted by molar-refractivity contribution is -0.192. The number of ether oxygens (including phenoxy) is 2. The topological polar surface area (TPSA) is 142 Å². The molecule has 2 N–H and O–H groups in total. The summed E-state index contributed by atoms with van der Waals surface area (Å²) in [5, 5.41) is 18.4. The first kappa shape index (κ1) is 38.9. The summed E-state index contributed by atoms with van der Waals surface area (Å²) in [6.07, 6.45) is -1.42. The van der Waals surface area contributed by atoms with Crippen molar-refractivity contribution in [2.45, 2.75) is 65.3 Å². The Morgan fingerprint density at radius 1 is 0.982 bits per heavy atom. The van der Waals surface area contributed by atoms with Crippen molar-refractivity contribution in [3.8, 4) is 39.4 Å². The van der Waals surface area contributed by atoms with Crippen LogP contribution in [0.3, 0.4) is 0 Å². The highest BCUT2D eigenvalue weighted by Crippen LogP contribution is 2.45. The number of pyridine rings is 2. The van der Waals surface area contributed by atoms with E-state index in [2.05, 4.69) is 9.97 Å². The van der Waals surface area contributed by atoms with E-state index in [-0.39, 0.29) is 5.75 Å². The van der Waals surface area contributed by atoms with Gasteiger partial charge in [0.05, 0.1) is 41.0 Å². The van der Waals surface area contributed by atoms with Crippen molar-refractivity contribution in [1.82, 2.24) is 24.1 Å². The number of halogens is 4. The van der Waals surface area contributed by atoms with Gasteiger partial charge in [-0.2, -0.15) is 13.2 Å². The van der Waals surface area contributed by atoms with E-state index in [1.165, 1.54) is 6.07 Å². The number of aliphatic carboxylic acids is 2. The summed E-state index contributed by atoms with van der Waals surface area (Å²) in [4.78, 5) is 36.0. The maximum atomic E-state index is 15.8. The molecule has 0 unspecified atom stereocenters. The average molecular weight is 762 g/mol. The number of nitrogens with zero attached hydrogens (tertiary/aromatic N) is 5. The molecule has 2 aromatic carbocycles. The van der Waals surface area contributed by atoms with Gasteiger partial charge < -0.3 is 28.8 Å². The first-order valence-corrected chi connectivity index (χ1v) is 17.3. The molecule has 0 aliphatic carbocycles. The fraction of sp³-hybridized carbons (Fsp3) is 0.325. The van der Waals surface area contributed by atoms with Crippen LogP contribution < -0.4 is 4.74 Å². The zero-order chi connectivity index (χ0) is 40.1. The first-order chi connectivity index (χ1) is 25.8. The Labute approximate surface area is 313 Å². The Hall–Kier alpha value is -5.83. The second kappa shape index (κ2) is 14.4. The zero-order valence-electron chi connectivity index (χ0n) is 31.2. The SMILES string of the molecule is Cc1nc2c(cc(-c3ccnc(-c4ccc5c(c4)ncn5C)c3)n2C)c(-c2cc(F)c3c(c2C)CCCO3)c1[C@H](OC(C)(C)C)C(=O)O.O=C(O)C(F)(F)F. The van der Waals surface area contributed by atoms with Crippen LogP contribution in [0.2, 0.25) is 0 Å². The van der Waals surface area contributed by atoms with Gasteiger partial charge in [0.25, 0.3) is 0 Å². The van der Waals surface area contributed by atoms with Crippen molar-refractivity contribution in [2.24, 2.45) is 14.1 Å². The number of fused-ring (bicyclic) bond motifs is 3. The molecule has 11 nitrogen and oxygen atoms in total. The largest absolute Gasteiger partial charge is 0.490 e. The highest BCUT2D eigenvalue weighted by molar-refractivity contribution is 6.01. The van der Waals surface area contributed by atoms with Gasteiger partial charge in [0.1, 0.15) is 5.65 Å². The molecule has 0 saturated carbocycles. The molecule has 1 aliphatic rings. The van der Waals surface area contributed by atoms with Gasteiger partial charge in [0.15, 0.2) is 17.7 Å². The molecule has 0 radical (unpaired) electrons. The summed E-state index contributed by atoms with van der Waals surface area (Å²) < 4.78 is 63.5. The van der Waals surface area contributed by atoms with E-state index in [4.69, 9.17) is 24.4 Å². The number of aromatic nitrogens is 5. The fourth-order valence-electron chi connectivity index (χ4n) is 6.89. The molecule has 6 aromatic rings. The third kappa shape index (κ3) is 7.61. The minimum absolute atomic E-state index is 0.272. The number of rotatable bonds is 6. The highest BCUT2D eigenvalue weighted by atomic mass is 19.4. The van der Waals surface area contributed by atoms with Gasteiger partial charge in [0.2, 0.25) is 0 Å². The number of alkyl halides is 3. The highest BCUT2D eigenvalue weighted by Gasteiger charge is 2.38. The van der Waals surface area contributed by atoms with Crippen LogP contribution in [0.4, 0.5) is 17.6 Å². The number of hydrogen-bond donors (Lipinski definition) is 2. The monoisotopic (exact) mass is 761 g/mol. The number of hydrogen-bond acceptors (Lipinski definition) is 7. The van der Waals surface area contributed by atoms with Gasteiger partial charge in [-0.05, 0) is 95.0 Å². The summed E-state index contributed by atoms with van der Waals surface area (Å²) in [6, 6.07) is 13.5. The van der Waals surface area contributed by atoms with Crippen LogP contribution in [0, 0.1) is 19.7 Å². The molecular formula is C40H39F4N5O6. The predicted octanol–water partition coefficient (Wildman–Crippen LogP) is 8.51. The lowest BCUT2D eigenvalue weighted by atomic mass is 9.86. The quantitative estimate of drug-likeness (QED) is 0.160. The van der Waals surface area contributed by atoms with Crippen molar-refractivity contribution < 1.29 is 46.8 Å². The van der Waals surface area contributed by atoms with E-state index in [0.717, 1.165) is 51.1 Å². The summed E-state index contributed by atoms with van der Waals surface area (Å²) >= 11 is 0. The van der Waals surface area contributed by atoms with Gasteiger partial charge in [-0.3, -0.25) is 4.98 Å². The van der Waals surface area contributed by atoms with E-state index < -0.39 is 35.6 Å². The number of carboxylic acids is 2. The standard InChI is InChI=1S/C38H38FN5O4.C2HF3O2/c1-20-24-9-8-14-47-34(24)27(39)17-25(20)33-26-18-31(44(7)36(26)42-21(2)32(33)35(37(45)46)48-38(3,4)5)23-12-13-40-28(16-23)22-10-11-30-29(15-22)41-19-43(30)6;3-2(4,5)1(6)7/h10-13,15-19,35H,8-9,14H2,1-7H3,(H,45,46);(H,6,7)/t35-;/m0./s1. The minimum Gasteiger partial charge on any atom is -0.490 e.